The van der Waals surface area contributed by atoms with Gasteiger partial charge in [0, 0.05) is 12.1 Å². The Morgan fingerprint density at radius 2 is 1.76 bits per heavy atom. The summed E-state index contributed by atoms with van der Waals surface area (Å²) in [6.45, 7) is 6.06. The van der Waals surface area contributed by atoms with Gasteiger partial charge in [-0.05, 0) is 70.5 Å². The van der Waals surface area contributed by atoms with Crippen molar-refractivity contribution in [3.8, 4) is 0 Å². The van der Waals surface area contributed by atoms with Gasteiger partial charge >= 0.3 is 0 Å². The Balaban J connectivity index is 1.82. The van der Waals surface area contributed by atoms with Gasteiger partial charge in [0.1, 0.15) is 0 Å². The van der Waals surface area contributed by atoms with Crippen molar-refractivity contribution in [3.05, 3.63) is 0 Å². The summed E-state index contributed by atoms with van der Waals surface area (Å²) in [7, 11) is 4.45. The lowest BCUT2D eigenvalue weighted by Crippen LogP contribution is -2.53. The molecule has 0 amide bonds. The first kappa shape index (κ1) is 13.4. The average Bonchev–Trinajstić information content (AvgIpc) is 2.24. The molecule has 100 valence electrons. The van der Waals surface area contributed by atoms with E-state index in [1.165, 1.54) is 45.1 Å². The highest BCUT2D eigenvalue weighted by atomic mass is 15.2. The summed E-state index contributed by atoms with van der Waals surface area (Å²) in [5.74, 6) is 0.903. The van der Waals surface area contributed by atoms with Gasteiger partial charge in [-0.25, -0.2) is 0 Å². The van der Waals surface area contributed by atoms with E-state index >= 15 is 0 Å². The molecule has 0 aromatic carbocycles. The molecule has 2 rings (SSSR count). The number of hydrogen-bond acceptors (Lipinski definition) is 2. The maximum absolute atomic E-state index is 3.34. The standard InChI is InChI=1S/C15H30N2/c1-15(2)9-7-13(8-10-15)17(4)14-6-5-12(14)11-16-3/h12-14,16H,5-11H2,1-4H3. The van der Waals surface area contributed by atoms with Crippen LogP contribution in [0.25, 0.3) is 0 Å². The van der Waals surface area contributed by atoms with Crippen LogP contribution in [-0.2, 0) is 0 Å². The second kappa shape index (κ2) is 5.27. The maximum atomic E-state index is 3.34. The van der Waals surface area contributed by atoms with Crippen molar-refractivity contribution < 1.29 is 0 Å². The van der Waals surface area contributed by atoms with Crippen molar-refractivity contribution >= 4 is 0 Å². The second-order valence-corrected chi connectivity index (χ2v) is 7.02. The first-order valence-electron chi connectivity index (χ1n) is 7.40. The van der Waals surface area contributed by atoms with E-state index in [4.69, 9.17) is 0 Å². The Labute approximate surface area is 107 Å². The molecule has 1 N–H and O–H groups in total. The SMILES string of the molecule is CNCC1CCC1N(C)C1CCC(C)(C)CC1. The molecule has 2 saturated carbocycles. The topological polar surface area (TPSA) is 15.3 Å². The van der Waals surface area contributed by atoms with E-state index in [2.05, 4.69) is 38.2 Å². The van der Waals surface area contributed by atoms with E-state index in [-0.39, 0.29) is 0 Å². The Morgan fingerprint density at radius 3 is 2.24 bits per heavy atom. The van der Waals surface area contributed by atoms with Crippen LogP contribution >= 0.6 is 0 Å². The van der Waals surface area contributed by atoms with Crippen molar-refractivity contribution in [2.24, 2.45) is 11.3 Å². The lowest BCUT2D eigenvalue weighted by molar-refractivity contribution is 0.0219. The smallest absolute Gasteiger partial charge is 0.0136 e. The molecule has 2 heteroatoms. The molecule has 2 unspecified atom stereocenters. The molecular formula is C15H30N2. The molecule has 0 radical (unpaired) electrons. The summed E-state index contributed by atoms with van der Waals surface area (Å²) in [4.78, 5) is 2.71. The van der Waals surface area contributed by atoms with Crippen LogP contribution < -0.4 is 5.32 Å². The van der Waals surface area contributed by atoms with Crippen LogP contribution in [0.3, 0.4) is 0 Å². The van der Waals surface area contributed by atoms with Crippen LogP contribution in [0.5, 0.6) is 0 Å². The molecule has 0 aromatic rings. The summed E-state index contributed by atoms with van der Waals surface area (Å²) in [6, 6.07) is 1.71. The molecule has 0 bridgehead atoms. The molecule has 2 atom stereocenters. The van der Waals surface area contributed by atoms with Gasteiger partial charge in [-0.1, -0.05) is 13.8 Å². The molecule has 2 aliphatic rings. The van der Waals surface area contributed by atoms with Gasteiger partial charge in [-0.15, -0.1) is 0 Å². The van der Waals surface area contributed by atoms with E-state index in [0.29, 0.717) is 5.41 Å². The van der Waals surface area contributed by atoms with Crippen molar-refractivity contribution in [2.45, 2.75) is 64.5 Å². The lowest BCUT2D eigenvalue weighted by Gasteiger charge is -2.48. The fourth-order valence-corrected chi connectivity index (χ4v) is 3.65. The summed E-state index contributed by atoms with van der Waals surface area (Å²) in [5.41, 5.74) is 0.599. The minimum Gasteiger partial charge on any atom is -0.319 e. The van der Waals surface area contributed by atoms with Gasteiger partial charge in [0.15, 0.2) is 0 Å². The average molecular weight is 238 g/mol. The quantitative estimate of drug-likeness (QED) is 0.810. The highest BCUT2D eigenvalue weighted by Crippen LogP contribution is 2.40. The predicted molar refractivity (Wildman–Crippen MR) is 74.2 cm³/mol. The Bertz CT molecular complexity index is 239. The molecule has 17 heavy (non-hydrogen) atoms. The van der Waals surface area contributed by atoms with E-state index in [1.807, 2.05) is 0 Å². The fraction of sp³-hybridized carbons (Fsp3) is 1.00. The van der Waals surface area contributed by atoms with Crippen molar-refractivity contribution in [2.75, 3.05) is 20.6 Å². The van der Waals surface area contributed by atoms with E-state index in [9.17, 15) is 0 Å². The third-order valence-electron chi connectivity index (χ3n) is 5.25. The summed E-state index contributed by atoms with van der Waals surface area (Å²) in [6.07, 6.45) is 8.48. The molecule has 2 aliphatic carbocycles. The first-order chi connectivity index (χ1) is 8.03. The molecule has 0 saturated heterocycles. The van der Waals surface area contributed by atoms with Crippen LogP contribution in [0.15, 0.2) is 0 Å². The maximum Gasteiger partial charge on any atom is 0.0136 e. The normalized spacial score (nSPS) is 33.7. The summed E-state index contributed by atoms with van der Waals surface area (Å²) >= 11 is 0. The minimum atomic E-state index is 0.599. The van der Waals surface area contributed by atoms with E-state index in [1.54, 1.807) is 0 Å². The highest BCUT2D eigenvalue weighted by Gasteiger charge is 2.38. The number of nitrogens with zero attached hydrogens (tertiary/aromatic N) is 1. The van der Waals surface area contributed by atoms with Gasteiger partial charge in [0.25, 0.3) is 0 Å². The number of nitrogens with one attached hydrogen (secondary N) is 1. The number of rotatable bonds is 4. The second-order valence-electron chi connectivity index (χ2n) is 7.02. The predicted octanol–water partition coefficient (Wildman–Crippen LogP) is 2.89. The van der Waals surface area contributed by atoms with Gasteiger partial charge in [-0.2, -0.15) is 0 Å². The number of hydrogen-bond donors (Lipinski definition) is 1. The summed E-state index contributed by atoms with van der Waals surface area (Å²) < 4.78 is 0. The Kier molecular flexibility index (Phi) is 4.14. The third-order valence-corrected chi connectivity index (χ3v) is 5.25. The molecule has 2 nitrogen and oxygen atoms in total. The fourth-order valence-electron chi connectivity index (χ4n) is 3.65. The zero-order valence-corrected chi connectivity index (χ0v) is 12.1. The largest absolute Gasteiger partial charge is 0.319 e. The first-order valence-corrected chi connectivity index (χ1v) is 7.40. The van der Waals surface area contributed by atoms with Gasteiger partial charge in [0.2, 0.25) is 0 Å². The Morgan fingerprint density at radius 1 is 1.12 bits per heavy atom. The zero-order chi connectivity index (χ0) is 12.5. The van der Waals surface area contributed by atoms with Crippen LogP contribution in [0.2, 0.25) is 0 Å². The van der Waals surface area contributed by atoms with Crippen LogP contribution in [-0.4, -0.2) is 37.6 Å². The molecular weight excluding hydrogens is 208 g/mol. The van der Waals surface area contributed by atoms with Crippen LogP contribution in [0.1, 0.15) is 52.4 Å². The van der Waals surface area contributed by atoms with Gasteiger partial charge < -0.3 is 10.2 Å². The monoisotopic (exact) mass is 238 g/mol. The zero-order valence-electron chi connectivity index (χ0n) is 12.1. The van der Waals surface area contributed by atoms with Gasteiger partial charge in [-0.3, -0.25) is 0 Å². The highest BCUT2D eigenvalue weighted by molar-refractivity contribution is 4.93. The molecule has 0 aromatic heterocycles. The summed E-state index contributed by atoms with van der Waals surface area (Å²) in [5, 5.41) is 3.34. The lowest BCUT2D eigenvalue weighted by atomic mass is 9.73. The van der Waals surface area contributed by atoms with Crippen molar-refractivity contribution in [1.82, 2.24) is 10.2 Å². The van der Waals surface area contributed by atoms with Crippen molar-refractivity contribution in [3.63, 3.8) is 0 Å². The molecule has 0 heterocycles. The van der Waals surface area contributed by atoms with E-state index < -0.39 is 0 Å². The van der Waals surface area contributed by atoms with Crippen molar-refractivity contribution in [1.29, 1.82) is 0 Å². The van der Waals surface area contributed by atoms with E-state index in [0.717, 1.165) is 18.0 Å². The van der Waals surface area contributed by atoms with Crippen LogP contribution in [0, 0.1) is 11.3 Å². The molecule has 0 spiro atoms. The molecule has 0 aliphatic heterocycles. The third kappa shape index (κ3) is 3.03. The minimum absolute atomic E-state index is 0.599. The van der Waals surface area contributed by atoms with Crippen LogP contribution in [0.4, 0.5) is 0 Å². The van der Waals surface area contributed by atoms with Gasteiger partial charge in [0.05, 0.1) is 0 Å². The Hall–Kier alpha value is -0.0800. The molecule has 2 fully saturated rings.